The summed E-state index contributed by atoms with van der Waals surface area (Å²) in [6.45, 7) is 3.40. The van der Waals surface area contributed by atoms with Crippen LogP contribution in [-0.2, 0) is 32.8 Å². The first kappa shape index (κ1) is 26.1. The number of hydrogen-bond acceptors (Lipinski definition) is 7. The molecule has 2 atom stereocenters. The molecule has 2 N–H and O–H groups in total. The molecule has 4 rings (SSSR count). The minimum Gasteiger partial charge on any atom is -0.491 e. The Kier molecular flexibility index (Phi) is 9.19. The first-order valence-electron chi connectivity index (χ1n) is 12.6. The fourth-order valence-corrected chi connectivity index (χ4v) is 5.77. The third-order valence-electron chi connectivity index (χ3n) is 6.87. The highest BCUT2D eigenvalue weighted by Gasteiger charge is 2.48. The molecule has 2 heterocycles. The molecular weight excluding hydrogens is 464 g/mol. The van der Waals surface area contributed by atoms with Gasteiger partial charge in [-0.05, 0) is 73.4 Å². The highest BCUT2D eigenvalue weighted by Crippen LogP contribution is 2.41. The highest BCUT2D eigenvalue weighted by molar-refractivity contribution is 7.10. The molecule has 2 aliphatic rings. The second kappa shape index (κ2) is 12.3. The van der Waals surface area contributed by atoms with Crippen molar-refractivity contribution in [2.24, 2.45) is 5.92 Å². The van der Waals surface area contributed by atoms with Crippen LogP contribution in [0.2, 0.25) is 0 Å². The Labute approximate surface area is 212 Å². The van der Waals surface area contributed by atoms with Crippen LogP contribution in [0.5, 0.6) is 5.75 Å². The zero-order chi connectivity index (χ0) is 24.7. The summed E-state index contributed by atoms with van der Waals surface area (Å²) < 4.78 is 16.3. The van der Waals surface area contributed by atoms with E-state index in [4.69, 9.17) is 14.2 Å². The van der Waals surface area contributed by atoms with Gasteiger partial charge >= 0.3 is 0 Å². The Morgan fingerprint density at radius 3 is 2.69 bits per heavy atom. The number of hydrogen-bond donors (Lipinski definition) is 2. The number of aliphatic hydroxyl groups is 1. The second-order valence-electron chi connectivity index (χ2n) is 9.53. The highest BCUT2D eigenvalue weighted by atomic mass is 32.1. The molecule has 0 radical (unpaired) electrons. The molecule has 1 aliphatic carbocycles. The summed E-state index contributed by atoms with van der Waals surface area (Å²) in [6.07, 6.45) is 4.35. The smallest absolute Gasteiger partial charge is 0.230 e. The Balaban J connectivity index is 1.55. The first-order chi connectivity index (χ1) is 17.0. The molecule has 1 saturated carbocycles. The van der Waals surface area contributed by atoms with Crippen molar-refractivity contribution in [2.75, 3.05) is 47.1 Å². The lowest BCUT2D eigenvalue weighted by atomic mass is 9.79. The number of carbonyl (C=O) groups is 1. The van der Waals surface area contributed by atoms with Crippen LogP contribution in [0, 0.1) is 5.92 Å². The van der Waals surface area contributed by atoms with Crippen molar-refractivity contribution >= 4 is 17.2 Å². The molecule has 1 aromatic heterocycles. The minimum absolute atomic E-state index is 0.0298. The number of rotatable bonds is 13. The topological polar surface area (TPSA) is 80.3 Å². The zero-order valence-electron chi connectivity index (χ0n) is 20.8. The van der Waals surface area contributed by atoms with Crippen LogP contribution >= 0.6 is 11.3 Å². The monoisotopic (exact) mass is 502 g/mol. The van der Waals surface area contributed by atoms with Gasteiger partial charge in [-0.25, -0.2) is 0 Å². The predicted molar refractivity (Wildman–Crippen MR) is 137 cm³/mol. The van der Waals surface area contributed by atoms with Crippen LogP contribution in [0.25, 0.3) is 0 Å². The van der Waals surface area contributed by atoms with E-state index in [1.54, 1.807) is 14.2 Å². The van der Waals surface area contributed by atoms with Crippen molar-refractivity contribution in [1.82, 2.24) is 10.2 Å². The van der Waals surface area contributed by atoms with Gasteiger partial charge in [-0.3, -0.25) is 4.79 Å². The SMILES string of the molecule is COCCCc1cc(CN(C(=O)[C@H]2CNCC[C@]2(O)c2cccs2)C2CC2)cc(OCCOC)c1. The van der Waals surface area contributed by atoms with E-state index in [2.05, 4.69) is 17.4 Å². The summed E-state index contributed by atoms with van der Waals surface area (Å²) in [4.78, 5) is 16.8. The second-order valence-corrected chi connectivity index (χ2v) is 10.5. The summed E-state index contributed by atoms with van der Waals surface area (Å²) in [6, 6.07) is 10.4. The molecular formula is C27H38N2O5S. The molecule has 0 bridgehead atoms. The number of ether oxygens (including phenoxy) is 3. The molecule has 35 heavy (non-hydrogen) atoms. The number of aryl methyl sites for hydroxylation is 1. The number of thiophene rings is 1. The van der Waals surface area contributed by atoms with Crippen LogP contribution in [0.1, 0.15) is 41.7 Å². The molecule has 192 valence electrons. The van der Waals surface area contributed by atoms with Gasteiger partial charge in [0, 0.05) is 44.8 Å². The van der Waals surface area contributed by atoms with E-state index in [1.165, 1.54) is 16.9 Å². The lowest BCUT2D eigenvalue weighted by Gasteiger charge is -2.41. The molecule has 1 aromatic carbocycles. The van der Waals surface area contributed by atoms with Gasteiger partial charge in [0.05, 0.1) is 12.5 Å². The van der Waals surface area contributed by atoms with E-state index < -0.39 is 11.5 Å². The Morgan fingerprint density at radius 1 is 1.17 bits per heavy atom. The van der Waals surface area contributed by atoms with Gasteiger partial charge in [-0.1, -0.05) is 12.1 Å². The van der Waals surface area contributed by atoms with Gasteiger partial charge in [0.2, 0.25) is 5.91 Å². The molecule has 1 aliphatic heterocycles. The van der Waals surface area contributed by atoms with Crippen molar-refractivity contribution < 1.29 is 24.1 Å². The standard InChI is InChI=1S/C27H38N2O5S/c1-32-11-3-5-20-15-21(17-23(16-20)34-13-12-33-2)19-29(22-7-8-22)26(30)24-18-28-10-9-27(24,31)25-6-4-14-35-25/h4,6,14-17,22,24,28,31H,3,5,7-13,18-19H2,1-2H3/t24-,27-/m1/s1. The Morgan fingerprint density at radius 2 is 1.97 bits per heavy atom. The summed E-state index contributed by atoms with van der Waals surface area (Å²) in [5.41, 5.74) is 1.10. The normalized spacial score (nSPS) is 22.2. The van der Waals surface area contributed by atoms with Crippen LogP contribution in [0.15, 0.2) is 35.7 Å². The molecule has 1 saturated heterocycles. The average molecular weight is 503 g/mol. The molecule has 7 nitrogen and oxygen atoms in total. The first-order valence-corrected chi connectivity index (χ1v) is 13.4. The van der Waals surface area contributed by atoms with Gasteiger partial charge in [0.15, 0.2) is 0 Å². The molecule has 2 fully saturated rings. The summed E-state index contributed by atoms with van der Waals surface area (Å²) in [7, 11) is 3.37. The maximum atomic E-state index is 14.0. The number of benzene rings is 1. The van der Waals surface area contributed by atoms with Gasteiger partial charge < -0.3 is 29.5 Å². The maximum absolute atomic E-state index is 14.0. The third-order valence-corrected chi connectivity index (χ3v) is 7.91. The van der Waals surface area contributed by atoms with E-state index in [-0.39, 0.29) is 11.9 Å². The van der Waals surface area contributed by atoms with Gasteiger partial charge in [0.1, 0.15) is 18.0 Å². The molecule has 8 heteroatoms. The van der Waals surface area contributed by atoms with Crippen molar-refractivity contribution in [3.05, 3.63) is 51.7 Å². The number of methoxy groups -OCH3 is 2. The maximum Gasteiger partial charge on any atom is 0.230 e. The summed E-state index contributed by atoms with van der Waals surface area (Å²) in [5.74, 6) is 0.324. The van der Waals surface area contributed by atoms with Crippen LogP contribution in [0.3, 0.4) is 0 Å². The number of nitrogens with zero attached hydrogens (tertiary/aromatic N) is 1. The largest absolute Gasteiger partial charge is 0.491 e. The third kappa shape index (κ3) is 6.62. The van der Waals surface area contributed by atoms with E-state index >= 15 is 0 Å². The van der Waals surface area contributed by atoms with E-state index in [0.29, 0.717) is 45.9 Å². The summed E-state index contributed by atoms with van der Waals surface area (Å²) >= 11 is 1.53. The fourth-order valence-electron chi connectivity index (χ4n) is 4.86. The Hall–Kier alpha value is -1.97. The molecule has 1 amide bonds. The van der Waals surface area contributed by atoms with Gasteiger partial charge in [-0.15, -0.1) is 11.3 Å². The van der Waals surface area contributed by atoms with Crippen LogP contribution in [-0.4, -0.2) is 69.1 Å². The summed E-state index contributed by atoms with van der Waals surface area (Å²) in [5, 5.41) is 17.0. The Bertz CT molecular complexity index is 921. The van der Waals surface area contributed by atoms with Crippen molar-refractivity contribution in [3.63, 3.8) is 0 Å². The number of amides is 1. The number of carbonyl (C=O) groups excluding carboxylic acids is 1. The van der Waals surface area contributed by atoms with Gasteiger partial charge in [0.25, 0.3) is 0 Å². The zero-order valence-corrected chi connectivity index (χ0v) is 21.6. The lowest BCUT2D eigenvalue weighted by Crippen LogP contribution is -2.55. The predicted octanol–water partition coefficient (Wildman–Crippen LogP) is 3.34. The lowest BCUT2D eigenvalue weighted by molar-refractivity contribution is -0.150. The quantitative estimate of drug-likeness (QED) is 0.409. The van der Waals surface area contributed by atoms with Crippen molar-refractivity contribution in [2.45, 2.75) is 50.3 Å². The number of piperidine rings is 1. The van der Waals surface area contributed by atoms with E-state index in [0.717, 1.165) is 41.9 Å². The molecule has 2 aromatic rings. The molecule has 0 unspecified atom stereocenters. The van der Waals surface area contributed by atoms with E-state index in [1.807, 2.05) is 28.5 Å². The van der Waals surface area contributed by atoms with Crippen LogP contribution in [0.4, 0.5) is 0 Å². The van der Waals surface area contributed by atoms with Crippen molar-refractivity contribution in [1.29, 1.82) is 0 Å². The number of nitrogens with one attached hydrogen (secondary N) is 1. The minimum atomic E-state index is -1.12. The average Bonchev–Trinajstić information content (AvgIpc) is 3.54. The fraction of sp³-hybridized carbons (Fsp3) is 0.593. The molecule has 0 spiro atoms. The van der Waals surface area contributed by atoms with Crippen LogP contribution < -0.4 is 10.1 Å². The van der Waals surface area contributed by atoms with E-state index in [9.17, 15) is 9.90 Å². The van der Waals surface area contributed by atoms with Crippen molar-refractivity contribution in [3.8, 4) is 5.75 Å². The van der Waals surface area contributed by atoms with Gasteiger partial charge in [-0.2, -0.15) is 0 Å².